The molecule has 3 aromatic rings. The van der Waals surface area contributed by atoms with Crippen LogP contribution in [0.1, 0.15) is 50.5 Å². The zero-order valence-electron chi connectivity index (χ0n) is 17.5. The summed E-state index contributed by atoms with van der Waals surface area (Å²) in [7, 11) is 0. The van der Waals surface area contributed by atoms with Gasteiger partial charge in [-0.1, -0.05) is 46.8 Å². The molecule has 6 nitrogen and oxygen atoms in total. The second-order valence-electron chi connectivity index (χ2n) is 8.68. The summed E-state index contributed by atoms with van der Waals surface area (Å²) in [5.41, 5.74) is 3.28. The van der Waals surface area contributed by atoms with Crippen LogP contribution in [0.15, 0.2) is 48.7 Å². The highest BCUT2D eigenvalue weighted by Gasteiger charge is 2.25. The predicted octanol–water partition coefficient (Wildman–Crippen LogP) is 4.25. The number of nitrogens with zero attached hydrogens (tertiary/aromatic N) is 1. The van der Waals surface area contributed by atoms with Crippen molar-refractivity contribution in [3.05, 3.63) is 59.8 Å². The molecule has 1 atom stereocenters. The Balaban J connectivity index is 1.71. The average molecular weight is 393 g/mol. The highest BCUT2D eigenvalue weighted by molar-refractivity contribution is 6.02. The lowest BCUT2D eigenvalue weighted by atomic mass is 9.86. The number of aromatic amines is 1. The maximum absolute atomic E-state index is 12.8. The van der Waals surface area contributed by atoms with Gasteiger partial charge in [0.1, 0.15) is 6.04 Å². The number of hydrogen-bond acceptors (Lipinski definition) is 3. The summed E-state index contributed by atoms with van der Waals surface area (Å²) >= 11 is 0. The van der Waals surface area contributed by atoms with E-state index in [0.29, 0.717) is 11.3 Å². The fraction of sp³-hybridized carbons (Fsp3) is 0.348. The molecule has 1 aromatic heterocycles. The first-order chi connectivity index (χ1) is 13.6. The van der Waals surface area contributed by atoms with E-state index in [9.17, 15) is 9.59 Å². The zero-order chi connectivity index (χ0) is 21.2. The van der Waals surface area contributed by atoms with Gasteiger partial charge < -0.3 is 10.6 Å². The van der Waals surface area contributed by atoms with E-state index in [2.05, 4.69) is 41.6 Å². The van der Waals surface area contributed by atoms with E-state index in [0.717, 1.165) is 16.5 Å². The Hall–Kier alpha value is -3.15. The second kappa shape index (κ2) is 8.07. The van der Waals surface area contributed by atoms with Gasteiger partial charge in [0.15, 0.2) is 0 Å². The monoisotopic (exact) mass is 392 g/mol. The fourth-order valence-electron chi connectivity index (χ4n) is 3.12. The predicted molar refractivity (Wildman–Crippen MR) is 116 cm³/mol. The van der Waals surface area contributed by atoms with Crippen molar-refractivity contribution in [2.75, 3.05) is 5.32 Å². The Kier molecular flexibility index (Phi) is 5.73. The SMILES string of the molecule is CC(C)C(NC(=O)c1ccc(C(C)(C)C)cc1)C(=O)Nc1ccc2[nH]ncc2c1. The van der Waals surface area contributed by atoms with Crippen molar-refractivity contribution in [2.45, 2.75) is 46.1 Å². The summed E-state index contributed by atoms with van der Waals surface area (Å²) in [6, 6.07) is 12.4. The van der Waals surface area contributed by atoms with E-state index in [1.54, 1.807) is 18.3 Å². The van der Waals surface area contributed by atoms with Crippen LogP contribution in [-0.2, 0) is 10.2 Å². The number of H-pyrrole nitrogens is 1. The van der Waals surface area contributed by atoms with Crippen molar-refractivity contribution in [1.29, 1.82) is 0 Å². The van der Waals surface area contributed by atoms with Gasteiger partial charge in [-0.3, -0.25) is 14.7 Å². The number of carbonyl (C=O) groups excluding carboxylic acids is 2. The number of aromatic nitrogens is 2. The average Bonchev–Trinajstić information content (AvgIpc) is 3.12. The number of rotatable bonds is 5. The Bertz CT molecular complexity index is 1010. The summed E-state index contributed by atoms with van der Waals surface area (Å²) in [6.07, 6.45) is 1.70. The van der Waals surface area contributed by atoms with Crippen molar-refractivity contribution in [3.63, 3.8) is 0 Å². The minimum absolute atomic E-state index is 0.0193. The van der Waals surface area contributed by atoms with Crippen molar-refractivity contribution in [3.8, 4) is 0 Å². The molecule has 1 heterocycles. The molecule has 3 rings (SSSR count). The van der Waals surface area contributed by atoms with Gasteiger partial charge in [-0.25, -0.2) is 0 Å². The number of anilines is 1. The van der Waals surface area contributed by atoms with Crippen molar-refractivity contribution >= 4 is 28.4 Å². The maximum atomic E-state index is 12.8. The quantitative estimate of drug-likeness (QED) is 0.606. The van der Waals surface area contributed by atoms with Gasteiger partial charge in [0.05, 0.1) is 11.7 Å². The molecule has 29 heavy (non-hydrogen) atoms. The molecule has 2 amide bonds. The lowest BCUT2D eigenvalue weighted by Crippen LogP contribution is -2.47. The number of hydrogen-bond donors (Lipinski definition) is 3. The lowest BCUT2D eigenvalue weighted by Gasteiger charge is -2.22. The normalized spacial score (nSPS) is 12.8. The zero-order valence-corrected chi connectivity index (χ0v) is 17.5. The first-order valence-electron chi connectivity index (χ1n) is 9.80. The van der Waals surface area contributed by atoms with Gasteiger partial charge in [0.25, 0.3) is 5.91 Å². The third kappa shape index (κ3) is 4.83. The lowest BCUT2D eigenvalue weighted by molar-refractivity contribution is -0.118. The topological polar surface area (TPSA) is 86.9 Å². The maximum Gasteiger partial charge on any atom is 0.251 e. The van der Waals surface area contributed by atoms with Crippen LogP contribution in [-0.4, -0.2) is 28.1 Å². The first-order valence-corrected chi connectivity index (χ1v) is 9.80. The molecule has 0 spiro atoms. The highest BCUT2D eigenvalue weighted by Crippen LogP contribution is 2.22. The molecule has 0 aliphatic heterocycles. The van der Waals surface area contributed by atoms with Crippen LogP contribution >= 0.6 is 0 Å². The molecule has 0 bridgehead atoms. The van der Waals surface area contributed by atoms with Crippen LogP contribution in [0.4, 0.5) is 5.69 Å². The first kappa shape index (κ1) is 20.6. The number of fused-ring (bicyclic) bond motifs is 1. The van der Waals surface area contributed by atoms with E-state index in [1.165, 1.54) is 0 Å². The van der Waals surface area contributed by atoms with Gasteiger partial charge in [0.2, 0.25) is 5.91 Å². The molecule has 3 N–H and O–H groups in total. The van der Waals surface area contributed by atoms with Crippen LogP contribution in [0.5, 0.6) is 0 Å². The summed E-state index contributed by atoms with van der Waals surface area (Å²) in [5.74, 6) is -0.572. The number of nitrogens with one attached hydrogen (secondary N) is 3. The second-order valence-corrected chi connectivity index (χ2v) is 8.68. The Labute approximate surface area is 171 Å². The summed E-state index contributed by atoms with van der Waals surface area (Å²) in [5, 5.41) is 13.5. The molecule has 2 aromatic carbocycles. The number of benzene rings is 2. The van der Waals surface area contributed by atoms with Crippen molar-refractivity contribution < 1.29 is 9.59 Å². The van der Waals surface area contributed by atoms with Crippen LogP contribution in [0, 0.1) is 5.92 Å². The van der Waals surface area contributed by atoms with Crippen LogP contribution in [0.2, 0.25) is 0 Å². The number of amides is 2. The fourth-order valence-corrected chi connectivity index (χ4v) is 3.12. The molecular formula is C23H28N4O2. The summed E-state index contributed by atoms with van der Waals surface area (Å²) in [6.45, 7) is 10.2. The van der Waals surface area contributed by atoms with E-state index in [4.69, 9.17) is 0 Å². The Morgan fingerprint density at radius 1 is 1.03 bits per heavy atom. The Morgan fingerprint density at radius 2 is 1.72 bits per heavy atom. The highest BCUT2D eigenvalue weighted by atomic mass is 16.2. The van der Waals surface area contributed by atoms with Crippen LogP contribution in [0.25, 0.3) is 10.9 Å². The summed E-state index contributed by atoms with van der Waals surface area (Å²) < 4.78 is 0. The van der Waals surface area contributed by atoms with E-state index >= 15 is 0 Å². The van der Waals surface area contributed by atoms with Gasteiger partial charge in [0, 0.05) is 16.6 Å². The molecule has 1 unspecified atom stereocenters. The third-order valence-electron chi connectivity index (χ3n) is 4.96. The van der Waals surface area contributed by atoms with Gasteiger partial charge in [-0.15, -0.1) is 0 Å². The largest absolute Gasteiger partial charge is 0.340 e. The van der Waals surface area contributed by atoms with Crippen LogP contribution < -0.4 is 10.6 Å². The van der Waals surface area contributed by atoms with E-state index in [-0.39, 0.29) is 23.1 Å². The molecule has 6 heteroatoms. The van der Waals surface area contributed by atoms with Gasteiger partial charge in [-0.05, 0) is 47.2 Å². The van der Waals surface area contributed by atoms with Gasteiger partial charge >= 0.3 is 0 Å². The third-order valence-corrected chi connectivity index (χ3v) is 4.96. The Morgan fingerprint density at radius 3 is 2.34 bits per heavy atom. The van der Waals surface area contributed by atoms with Gasteiger partial charge in [-0.2, -0.15) is 5.10 Å². The molecule has 0 fully saturated rings. The summed E-state index contributed by atoms with van der Waals surface area (Å²) in [4.78, 5) is 25.5. The van der Waals surface area contributed by atoms with Crippen LogP contribution in [0.3, 0.4) is 0 Å². The molecule has 0 saturated heterocycles. The minimum Gasteiger partial charge on any atom is -0.340 e. The molecule has 0 aliphatic rings. The molecule has 0 saturated carbocycles. The van der Waals surface area contributed by atoms with Crippen molar-refractivity contribution in [2.24, 2.45) is 5.92 Å². The van der Waals surface area contributed by atoms with E-state index in [1.807, 2.05) is 44.2 Å². The molecular weight excluding hydrogens is 364 g/mol. The van der Waals surface area contributed by atoms with E-state index < -0.39 is 6.04 Å². The molecule has 0 aliphatic carbocycles. The van der Waals surface area contributed by atoms with Crippen molar-refractivity contribution in [1.82, 2.24) is 15.5 Å². The molecule has 0 radical (unpaired) electrons. The smallest absolute Gasteiger partial charge is 0.251 e. The number of carbonyl (C=O) groups is 2. The minimum atomic E-state index is -0.648. The molecule has 152 valence electrons. The standard InChI is InChI=1S/C23H28N4O2/c1-14(2)20(22(29)25-18-10-11-19-16(12-18)13-24-27-19)26-21(28)15-6-8-17(9-7-15)23(3,4)5/h6-14,20H,1-5H3,(H,24,27)(H,25,29)(H,26,28).